The molecule has 8 bridgehead atoms. The van der Waals surface area contributed by atoms with Gasteiger partial charge in [-0.05, 0) is 92.7 Å². The molecule has 14 heteroatoms. The van der Waals surface area contributed by atoms with Gasteiger partial charge in [0, 0.05) is 25.7 Å². The maximum atomic E-state index is 12.3. The van der Waals surface area contributed by atoms with Crippen LogP contribution >= 0.6 is 15.2 Å². The molecule has 5 rings (SSSR count). The molecule has 10 N–H and O–H groups in total. The number of benzene rings is 4. The summed E-state index contributed by atoms with van der Waals surface area (Å²) in [5.41, 5.74) is 16.6. The van der Waals surface area contributed by atoms with E-state index in [2.05, 4.69) is 0 Å². The molecular formula is C36H44N2O10P2. The number of rotatable bonds is 10. The van der Waals surface area contributed by atoms with Crippen LogP contribution in [-0.2, 0) is 34.8 Å². The zero-order chi connectivity index (χ0) is 36.4. The second-order valence-electron chi connectivity index (χ2n) is 12.7. The van der Waals surface area contributed by atoms with E-state index in [-0.39, 0.29) is 48.3 Å². The number of hydrogen-bond acceptors (Lipinski definition) is 8. The Balaban J connectivity index is 1.82. The Morgan fingerprint density at radius 3 is 1.10 bits per heavy atom. The fourth-order valence-corrected chi connectivity index (χ4v) is 7.35. The van der Waals surface area contributed by atoms with Crippen molar-refractivity contribution in [1.82, 2.24) is 0 Å². The third-order valence-electron chi connectivity index (χ3n) is 8.77. The predicted octanol–water partition coefficient (Wildman–Crippen LogP) is 5.62. The summed E-state index contributed by atoms with van der Waals surface area (Å²) in [6.07, 6.45) is 1.77. The molecule has 1 aliphatic rings. The highest BCUT2D eigenvalue weighted by atomic mass is 31.2. The lowest BCUT2D eigenvalue weighted by atomic mass is 9.89. The number of hydrogen-bond donors (Lipinski definition) is 8. The highest BCUT2D eigenvalue weighted by Crippen LogP contribution is 2.51. The third kappa shape index (κ3) is 8.26. The van der Waals surface area contributed by atoms with E-state index in [9.17, 15) is 38.9 Å². The monoisotopic (exact) mass is 726 g/mol. The van der Waals surface area contributed by atoms with E-state index >= 15 is 0 Å². The number of para-hydroxylation sites is 2. The SMILES string of the molecule is CCCOc1c2cccc1Cc1cc([C@@H](N)P(=O)(O)O)cc(c1O)Cc1cccc(c1OCCC)Cc1cc([C@@H](N)P(=O)(O)O)cc(c1O)C2. The van der Waals surface area contributed by atoms with Crippen LogP contribution in [0.3, 0.4) is 0 Å². The van der Waals surface area contributed by atoms with Crippen molar-refractivity contribution < 1.29 is 48.4 Å². The Labute approximate surface area is 291 Å². The smallest absolute Gasteiger partial charge is 0.346 e. The summed E-state index contributed by atoms with van der Waals surface area (Å²) in [5.74, 6) is -2.40. The van der Waals surface area contributed by atoms with Gasteiger partial charge in [0.2, 0.25) is 0 Å². The maximum Gasteiger partial charge on any atom is 0.346 e. The van der Waals surface area contributed by atoms with Crippen molar-refractivity contribution in [3.8, 4) is 23.0 Å². The van der Waals surface area contributed by atoms with Crippen molar-refractivity contribution in [2.24, 2.45) is 11.5 Å². The number of nitrogens with two attached hydrogens (primary N) is 2. The fourth-order valence-electron chi connectivity index (χ4n) is 6.28. The number of phenols is 2. The van der Waals surface area contributed by atoms with Gasteiger partial charge in [0.25, 0.3) is 0 Å². The van der Waals surface area contributed by atoms with Gasteiger partial charge >= 0.3 is 15.2 Å². The average molecular weight is 727 g/mol. The van der Waals surface area contributed by atoms with E-state index in [1.54, 1.807) is 12.1 Å². The number of ether oxygens (including phenoxy) is 2. The minimum Gasteiger partial charge on any atom is -0.507 e. The van der Waals surface area contributed by atoms with E-state index in [1.165, 1.54) is 24.3 Å². The molecule has 0 aliphatic heterocycles. The van der Waals surface area contributed by atoms with E-state index in [0.29, 0.717) is 82.1 Å². The molecule has 268 valence electrons. The highest BCUT2D eigenvalue weighted by Gasteiger charge is 2.30. The first-order valence-corrected chi connectivity index (χ1v) is 19.8. The second kappa shape index (κ2) is 15.3. The zero-order valence-corrected chi connectivity index (χ0v) is 29.7. The molecule has 4 aromatic carbocycles. The number of aromatic hydroxyl groups is 2. The van der Waals surface area contributed by atoms with Crippen molar-refractivity contribution >= 4 is 15.2 Å². The van der Waals surface area contributed by atoms with Gasteiger partial charge in [-0.2, -0.15) is 0 Å². The molecule has 0 saturated heterocycles. The normalized spacial score (nSPS) is 14.6. The molecule has 0 fully saturated rings. The van der Waals surface area contributed by atoms with Gasteiger partial charge in [-0.25, -0.2) is 0 Å². The van der Waals surface area contributed by atoms with Crippen LogP contribution in [0.15, 0.2) is 60.7 Å². The van der Waals surface area contributed by atoms with Crippen LogP contribution in [0, 0.1) is 0 Å². The zero-order valence-electron chi connectivity index (χ0n) is 28.0. The Kier molecular flexibility index (Phi) is 11.5. The second-order valence-corrected chi connectivity index (χ2v) is 16.1. The van der Waals surface area contributed by atoms with Crippen molar-refractivity contribution in [2.45, 2.75) is 63.9 Å². The van der Waals surface area contributed by atoms with Crippen LogP contribution in [0.1, 0.15) is 93.9 Å². The molecule has 0 amide bonds. The predicted molar refractivity (Wildman–Crippen MR) is 190 cm³/mol. The van der Waals surface area contributed by atoms with Gasteiger partial charge in [0.05, 0.1) is 13.2 Å². The molecule has 0 aromatic heterocycles. The first-order valence-electron chi connectivity index (χ1n) is 16.4. The Morgan fingerprint density at radius 1 is 0.580 bits per heavy atom. The van der Waals surface area contributed by atoms with Crippen LogP contribution in [-0.4, -0.2) is 43.0 Å². The van der Waals surface area contributed by atoms with Gasteiger partial charge in [0.1, 0.15) is 34.6 Å². The van der Waals surface area contributed by atoms with E-state index in [0.717, 1.165) is 0 Å². The van der Waals surface area contributed by atoms with Crippen molar-refractivity contribution in [2.75, 3.05) is 13.2 Å². The third-order valence-corrected chi connectivity index (χ3v) is 10.8. The molecule has 12 nitrogen and oxygen atoms in total. The minimum absolute atomic E-state index is 0.0589. The molecule has 1 aliphatic carbocycles. The molecule has 4 aromatic rings. The molecule has 0 radical (unpaired) electrons. The summed E-state index contributed by atoms with van der Waals surface area (Å²) in [6.45, 7) is 4.59. The van der Waals surface area contributed by atoms with Gasteiger partial charge < -0.3 is 50.7 Å². The molecule has 50 heavy (non-hydrogen) atoms. The summed E-state index contributed by atoms with van der Waals surface area (Å²) >= 11 is 0. The molecule has 0 saturated carbocycles. The molecule has 0 heterocycles. The topological polar surface area (TPSA) is 226 Å². The van der Waals surface area contributed by atoms with Crippen LogP contribution < -0.4 is 20.9 Å². The summed E-state index contributed by atoms with van der Waals surface area (Å²) in [4.78, 5) is 40.1. The van der Waals surface area contributed by atoms with Crippen LogP contribution in [0.5, 0.6) is 23.0 Å². The summed E-state index contributed by atoms with van der Waals surface area (Å²) in [5, 5.41) is 23.5. The van der Waals surface area contributed by atoms with Crippen molar-refractivity contribution in [1.29, 1.82) is 0 Å². The van der Waals surface area contributed by atoms with Crippen LogP contribution in [0.2, 0.25) is 0 Å². The number of fused-ring (bicyclic) bond motifs is 8. The fraction of sp³-hybridized carbons (Fsp3) is 0.333. The van der Waals surface area contributed by atoms with Crippen molar-refractivity contribution in [3.05, 3.63) is 116 Å². The Bertz CT molecular complexity index is 1740. The Hall–Kier alpha value is -3.70. The van der Waals surface area contributed by atoms with E-state index in [1.807, 2.05) is 38.1 Å². The van der Waals surface area contributed by atoms with Crippen molar-refractivity contribution in [3.63, 3.8) is 0 Å². The van der Waals surface area contributed by atoms with Gasteiger partial charge in [-0.1, -0.05) is 50.2 Å². The Morgan fingerprint density at radius 2 is 0.860 bits per heavy atom. The molecule has 0 spiro atoms. The summed E-state index contributed by atoms with van der Waals surface area (Å²) < 4.78 is 37.2. The lowest BCUT2D eigenvalue weighted by molar-refractivity contribution is 0.311. The lowest BCUT2D eigenvalue weighted by Gasteiger charge is -2.23. The highest BCUT2D eigenvalue weighted by molar-refractivity contribution is 7.52. The number of phenolic OH excluding ortho intramolecular Hbond substituents is 2. The largest absolute Gasteiger partial charge is 0.507 e. The molecule has 2 atom stereocenters. The van der Waals surface area contributed by atoms with E-state index in [4.69, 9.17) is 20.9 Å². The quantitative estimate of drug-likeness (QED) is 0.0821. The first-order chi connectivity index (χ1) is 23.6. The standard InChI is InChI=1S/C36H44N2O10P2/c1-3-11-47-33-21-7-5-8-22(33)14-26-18-30(36(38)50(44,45)46)20-28(32(26)40)16-24-10-6-9-23(34(24)48-12-4-2)15-27-19-29(35(37)49(41,42)43)17-25(13-21)31(27)39/h5-10,17-20,35-36,39-40H,3-4,11-16,37-38H2,1-2H3,(H2,41,42,43)(H2,44,45,46)/t35-,36-/m0/s1. The van der Waals surface area contributed by atoms with Gasteiger partial charge in [-0.15, -0.1) is 0 Å². The summed E-state index contributed by atoms with van der Waals surface area (Å²) in [6, 6.07) is 16.8. The van der Waals surface area contributed by atoms with Gasteiger partial charge in [0.15, 0.2) is 0 Å². The lowest BCUT2D eigenvalue weighted by Crippen LogP contribution is -2.13. The van der Waals surface area contributed by atoms with Crippen LogP contribution in [0.4, 0.5) is 0 Å². The first kappa shape index (κ1) is 37.6. The minimum atomic E-state index is -4.76. The molecular weight excluding hydrogens is 682 g/mol. The maximum absolute atomic E-state index is 12.3. The van der Waals surface area contributed by atoms with Crippen LogP contribution in [0.25, 0.3) is 0 Å². The van der Waals surface area contributed by atoms with Gasteiger partial charge in [-0.3, -0.25) is 9.13 Å². The average Bonchev–Trinajstić information content (AvgIpc) is 3.05. The van der Waals surface area contributed by atoms with E-state index < -0.39 is 26.8 Å². The molecule has 0 unspecified atom stereocenters. The summed E-state index contributed by atoms with van der Waals surface area (Å²) in [7, 11) is -9.52.